The molecule has 0 spiro atoms. The lowest BCUT2D eigenvalue weighted by atomic mass is 10.3. The van der Waals surface area contributed by atoms with E-state index in [0.29, 0.717) is 12.3 Å². The minimum Gasteiger partial charge on any atom is -0.326 e. The number of hydrogen-bond acceptors (Lipinski definition) is 2. The Morgan fingerprint density at radius 3 is 2.62 bits per heavy atom. The minimum atomic E-state index is 0.0995. The average Bonchev–Trinajstić information content (AvgIpc) is 2.25. The Morgan fingerprint density at radius 2 is 2.00 bits per heavy atom. The van der Waals surface area contributed by atoms with Gasteiger partial charge in [0.15, 0.2) is 0 Å². The van der Waals surface area contributed by atoms with Crippen molar-refractivity contribution >= 4 is 23.4 Å². The molecule has 0 heterocycles. The van der Waals surface area contributed by atoms with Crippen LogP contribution in [0, 0.1) is 5.92 Å². The molecule has 0 aromatic heterocycles. The summed E-state index contributed by atoms with van der Waals surface area (Å²) in [5, 5.41) is 2.88. The Kier molecular flexibility index (Phi) is 6.01. The summed E-state index contributed by atoms with van der Waals surface area (Å²) >= 11 is 1.84. The largest absolute Gasteiger partial charge is 0.326 e. The normalized spacial score (nSPS) is 10.4. The van der Waals surface area contributed by atoms with Gasteiger partial charge in [-0.3, -0.25) is 4.79 Å². The maximum absolute atomic E-state index is 11.5. The molecule has 1 aromatic carbocycles. The van der Waals surface area contributed by atoms with E-state index in [2.05, 4.69) is 19.2 Å². The van der Waals surface area contributed by atoms with Crippen LogP contribution in [0.15, 0.2) is 30.3 Å². The second-order valence-corrected chi connectivity index (χ2v) is 5.28. The van der Waals surface area contributed by atoms with Gasteiger partial charge in [-0.05, 0) is 23.8 Å². The minimum absolute atomic E-state index is 0.0995. The summed E-state index contributed by atoms with van der Waals surface area (Å²) in [5.41, 5.74) is 0.876. The first kappa shape index (κ1) is 13.1. The van der Waals surface area contributed by atoms with Gasteiger partial charge in [-0.15, -0.1) is 0 Å². The summed E-state index contributed by atoms with van der Waals surface area (Å²) in [6.45, 7) is 4.38. The van der Waals surface area contributed by atoms with Crippen LogP contribution in [0.4, 0.5) is 5.69 Å². The summed E-state index contributed by atoms with van der Waals surface area (Å²) in [7, 11) is 0. The molecule has 0 saturated heterocycles. The van der Waals surface area contributed by atoms with Gasteiger partial charge in [-0.2, -0.15) is 11.8 Å². The molecular formula is C13H19NOS. The second-order valence-electron chi connectivity index (χ2n) is 4.13. The number of nitrogens with one attached hydrogen (secondary N) is 1. The van der Waals surface area contributed by atoms with Crippen molar-refractivity contribution in [3.8, 4) is 0 Å². The second kappa shape index (κ2) is 7.34. The number of carbonyl (C=O) groups is 1. The predicted octanol–water partition coefficient (Wildman–Crippen LogP) is 3.40. The topological polar surface area (TPSA) is 29.1 Å². The van der Waals surface area contributed by atoms with E-state index in [1.165, 1.54) is 0 Å². The fourth-order valence-electron chi connectivity index (χ4n) is 1.23. The molecule has 0 radical (unpaired) electrons. The highest BCUT2D eigenvalue weighted by Gasteiger charge is 2.02. The molecule has 3 heteroatoms. The van der Waals surface area contributed by atoms with Gasteiger partial charge in [0.2, 0.25) is 5.91 Å². The van der Waals surface area contributed by atoms with Crippen molar-refractivity contribution in [1.82, 2.24) is 0 Å². The Labute approximate surface area is 102 Å². The first-order chi connectivity index (χ1) is 7.68. The molecule has 1 N–H and O–H groups in total. The Morgan fingerprint density at radius 1 is 1.31 bits per heavy atom. The van der Waals surface area contributed by atoms with Gasteiger partial charge in [-0.1, -0.05) is 32.0 Å². The smallest absolute Gasteiger partial charge is 0.225 e. The zero-order valence-electron chi connectivity index (χ0n) is 9.90. The molecule has 0 bridgehead atoms. The molecule has 0 fully saturated rings. The number of rotatable bonds is 6. The van der Waals surface area contributed by atoms with Gasteiger partial charge < -0.3 is 5.32 Å². The highest BCUT2D eigenvalue weighted by molar-refractivity contribution is 7.99. The average molecular weight is 237 g/mol. The van der Waals surface area contributed by atoms with Crippen LogP contribution in [-0.4, -0.2) is 17.4 Å². The Bertz CT molecular complexity index is 311. The van der Waals surface area contributed by atoms with Crippen LogP contribution in [-0.2, 0) is 4.79 Å². The molecule has 16 heavy (non-hydrogen) atoms. The van der Waals surface area contributed by atoms with Crippen LogP contribution < -0.4 is 5.32 Å². The highest BCUT2D eigenvalue weighted by Crippen LogP contribution is 2.10. The van der Waals surface area contributed by atoms with E-state index in [9.17, 15) is 4.79 Å². The van der Waals surface area contributed by atoms with Gasteiger partial charge in [0.25, 0.3) is 0 Å². The number of benzene rings is 1. The molecule has 2 nitrogen and oxygen atoms in total. The molecule has 0 saturated carbocycles. The van der Waals surface area contributed by atoms with Crippen molar-refractivity contribution < 1.29 is 4.79 Å². The number of carbonyl (C=O) groups excluding carboxylic acids is 1. The SMILES string of the molecule is CC(C)CSCCC(=O)Nc1ccccc1. The zero-order chi connectivity index (χ0) is 11.8. The third-order valence-corrected chi connectivity index (χ3v) is 3.38. The highest BCUT2D eigenvalue weighted by atomic mass is 32.2. The number of para-hydroxylation sites is 1. The van der Waals surface area contributed by atoms with Crippen molar-refractivity contribution in [2.75, 3.05) is 16.8 Å². The standard InChI is InChI=1S/C13H19NOS/c1-11(2)10-16-9-8-13(15)14-12-6-4-3-5-7-12/h3-7,11H,8-10H2,1-2H3,(H,14,15). The van der Waals surface area contributed by atoms with E-state index in [4.69, 9.17) is 0 Å². The van der Waals surface area contributed by atoms with Crippen LogP contribution in [0.25, 0.3) is 0 Å². The molecule has 1 rings (SSSR count). The zero-order valence-corrected chi connectivity index (χ0v) is 10.7. The monoisotopic (exact) mass is 237 g/mol. The van der Waals surface area contributed by atoms with Gasteiger partial charge in [-0.25, -0.2) is 0 Å². The molecule has 1 amide bonds. The van der Waals surface area contributed by atoms with Crippen LogP contribution in [0.5, 0.6) is 0 Å². The quantitative estimate of drug-likeness (QED) is 0.768. The van der Waals surface area contributed by atoms with Crippen molar-refractivity contribution in [1.29, 1.82) is 0 Å². The Balaban J connectivity index is 2.17. The lowest BCUT2D eigenvalue weighted by molar-refractivity contribution is -0.115. The van der Waals surface area contributed by atoms with Gasteiger partial charge >= 0.3 is 0 Å². The van der Waals surface area contributed by atoms with Crippen molar-refractivity contribution in [2.45, 2.75) is 20.3 Å². The molecular weight excluding hydrogens is 218 g/mol. The van der Waals surface area contributed by atoms with Crippen LogP contribution >= 0.6 is 11.8 Å². The van der Waals surface area contributed by atoms with E-state index < -0.39 is 0 Å². The fraction of sp³-hybridized carbons (Fsp3) is 0.462. The van der Waals surface area contributed by atoms with Crippen LogP contribution in [0.1, 0.15) is 20.3 Å². The lowest BCUT2D eigenvalue weighted by Crippen LogP contribution is -2.12. The van der Waals surface area contributed by atoms with E-state index in [1.54, 1.807) is 0 Å². The van der Waals surface area contributed by atoms with E-state index in [1.807, 2.05) is 42.1 Å². The number of thioether (sulfide) groups is 1. The summed E-state index contributed by atoms with van der Waals surface area (Å²) in [4.78, 5) is 11.5. The molecule has 0 unspecified atom stereocenters. The van der Waals surface area contributed by atoms with Crippen molar-refractivity contribution in [3.63, 3.8) is 0 Å². The molecule has 0 aliphatic rings. The first-order valence-electron chi connectivity index (χ1n) is 5.61. The molecule has 1 aromatic rings. The molecule has 0 aliphatic heterocycles. The summed E-state index contributed by atoms with van der Waals surface area (Å²) in [5.74, 6) is 2.82. The summed E-state index contributed by atoms with van der Waals surface area (Å²) < 4.78 is 0. The predicted molar refractivity (Wildman–Crippen MR) is 71.9 cm³/mol. The van der Waals surface area contributed by atoms with Gasteiger partial charge in [0, 0.05) is 17.9 Å². The number of hydrogen-bond donors (Lipinski definition) is 1. The lowest BCUT2D eigenvalue weighted by Gasteiger charge is -2.06. The van der Waals surface area contributed by atoms with Crippen LogP contribution in [0.3, 0.4) is 0 Å². The fourth-order valence-corrected chi connectivity index (χ4v) is 2.20. The van der Waals surface area contributed by atoms with Gasteiger partial charge in [0.1, 0.15) is 0 Å². The van der Waals surface area contributed by atoms with Crippen molar-refractivity contribution in [2.24, 2.45) is 5.92 Å². The summed E-state index contributed by atoms with van der Waals surface area (Å²) in [6.07, 6.45) is 0.590. The molecule has 0 atom stereocenters. The number of anilines is 1. The van der Waals surface area contributed by atoms with E-state index in [0.717, 1.165) is 17.2 Å². The third-order valence-electron chi connectivity index (χ3n) is 1.98. The van der Waals surface area contributed by atoms with Crippen molar-refractivity contribution in [3.05, 3.63) is 30.3 Å². The molecule has 0 aliphatic carbocycles. The molecule has 88 valence electrons. The third kappa shape index (κ3) is 5.81. The van der Waals surface area contributed by atoms with E-state index >= 15 is 0 Å². The Hall–Kier alpha value is -0.960. The maximum Gasteiger partial charge on any atom is 0.225 e. The maximum atomic E-state index is 11.5. The van der Waals surface area contributed by atoms with Crippen LogP contribution in [0.2, 0.25) is 0 Å². The number of amides is 1. The summed E-state index contributed by atoms with van der Waals surface area (Å²) in [6, 6.07) is 9.58. The first-order valence-corrected chi connectivity index (χ1v) is 6.76. The van der Waals surface area contributed by atoms with E-state index in [-0.39, 0.29) is 5.91 Å². The van der Waals surface area contributed by atoms with Gasteiger partial charge in [0.05, 0.1) is 0 Å².